The van der Waals surface area contributed by atoms with E-state index in [2.05, 4.69) is 15.6 Å². The van der Waals surface area contributed by atoms with E-state index in [1.165, 1.54) is 12.1 Å². The smallest absolute Gasteiger partial charge is 0.241 e. The molecule has 26 heavy (non-hydrogen) atoms. The van der Waals surface area contributed by atoms with Gasteiger partial charge in [0.15, 0.2) is 0 Å². The monoisotopic (exact) mass is 355 g/mol. The summed E-state index contributed by atoms with van der Waals surface area (Å²) >= 11 is 0. The first-order valence-corrected chi connectivity index (χ1v) is 8.31. The molecule has 0 bridgehead atoms. The first kappa shape index (κ1) is 17.9. The number of nitrogens with one attached hydrogen (secondary N) is 2. The van der Waals surface area contributed by atoms with E-state index < -0.39 is 23.7 Å². The minimum atomic E-state index is -0.641. The zero-order chi connectivity index (χ0) is 18.7. The van der Waals surface area contributed by atoms with Gasteiger partial charge < -0.3 is 5.32 Å². The van der Waals surface area contributed by atoms with Crippen LogP contribution in [0.1, 0.15) is 25.5 Å². The SMILES string of the molecule is CC(NC(C)c1ccc(F)cc1F)C(=O)Nc1cccc2ncccc12. The third-order valence-electron chi connectivity index (χ3n) is 4.23. The van der Waals surface area contributed by atoms with Crippen LogP contribution in [0.3, 0.4) is 0 Å². The van der Waals surface area contributed by atoms with Crippen molar-refractivity contribution in [2.24, 2.45) is 0 Å². The molecule has 0 saturated heterocycles. The minimum Gasteiger partial charge on any atom is -0.324 e. The van der Waals surface area contributed by atoms with Crippen molar-refractivity contribution in [2.75, 3.05) is 5.32 Å². The van der Waals surface area contributed by atoms with Gasteiger partial charge in [-0.15, -0.1) is 0 Å². The molecule has 0 fully saturated rings. The molecule has 0 saturated carbocycles. The summed E-state index contributed by atoms with van der Waals surface area (Å²) in [5.74, 6) is -1.53. The van der Waals surface area contributed by atoms with Crippen molar-refractivity contribution in [3.8, 4) is 0 Å². The summed E-state index contributed by atoms with van der Waals surface area (Å²) in [6, 6.07) is 11.6. The topological polar surface area (TPSA) is 54.0 Å². The van der Waals surface area contributed by atoms with Gasteiger partial charge in [0.25, 0.3) is 0 Å². The minimum absolute atomic E-state index is 0.254. The lowest BCUT2D eigenvalue weighted by molar-refractivity contribution is -0.117. The number of aromatic nitrogens is 1. The van der Waals surface area contributed by atoms with E-state index in [0.717, 1.165) is 17.0 Å². The van der Waals surface area contributed by atoms with E-state index in [1.54, 1.807) is 32.2 Å². The van der Waals surface area contributed by atoms with Crippen LogP contribution in [0.15, 0.2) is 54.7 Å². The van der Waals surface area contributed by atoms with Crippen molar-refractivity contribution in [3.63, 3.8) is 0 Å². The second-order valence-corrected chi connectivity index (χ2v) is 6.14. The molecule has 2 N–H and O–H groups in total. The summed E-state index contributed by atoms with van der Waals surface area (Å²) in [5, 5.41) is 6.75. The molecule has 3 aromatic rings. The number of halogens is 2. The molecule has 134 valence electrons. The molecule has 2 unspecified atom stereocenters. The third-order valence-corrected chi connectivity index (χ3v) is 4.23. The molecular formula is C20H19F2N3O. The Morgan fingerprint density at radius 3 is 2.65 bits per heavy atom. The molecule has 2 atom stereocenters. The Labute approximate surface area is 150 Å². The van der Waals surface area contributed by atoms with Gasteiger partial charge >= 0.3 is 0 Å². The number of rotatable bonds is 5. The Balaban J connectivity index is 1.71. The third kappa shape index (κ3) is 3.86. The van der Waals surface area contributed by atoms with E-state index in [4.69, 9.17) is 0 Å². The zero-order valence-corrected chi connectivity index (χ0v) is 14.5. The number of pyridine rings is 1. The molecule has 4 nitrogen and oxygen atoms in total. The maximum absolute atomic E-state index is 13.9. The summed E-state index contributed by atoms with van der Waals surface area (Å²) in [7, 11) is 0. The van der Waals surface area contributed by atoms with E-state index in [-0.39, 0.29) is 5.91 Å². The molecule has 1 heterocycles. The molecule has 0 aliphatic carbocycles. The lowest BCUT2D eigenvalue weighted by atomic mass is 10.1. The second-order valence-electron chi connectivity index (χ2n) is 6.14. The van der Waals surface area contributed by atoms with Crippen LogP contribution >= 0.6 is 0 Å². The molecule has 1 amide bonds. The maximum Gasteiger partial charge on any atom is 0.241 e. The summed E-state index contributed by atoms with van der Waals surface area (Å²) in [4.78, 5) is 16.8. The number of amides is 1. The van der Waals surface area contributed by atoms with Gasteiger partial charge in [-0.3, -0.25) is 15.1 Å². The Kier molecular flexibility index (Phi) is 5.23. The number of carbonyl (C=O) groups excluding carboxylic acids is 1. The first-order chi connectivity index (χ1) is 12.5. The van der Waals surface area contributed by atoms with Gasteiger partial charge in [0.1, 0.15) is 11.6 Å². The van der Waals surface area contributed by atoms with Gasteiger partial charge in [-0.25, -0.2) is 8.78 Å². The highest BCUT2D eigenvalue weighted by molar-refractivity contribution is 6.02. The van der Waals surface area contributed by atoms with Gasteiger partial charge in [-0.2, -0.15) is 0 Å². The molecular weight excluding hydrogens is 336 g/mol. The lowest BCUT2D eigenvalue weighted by Gasteiger charge is -2.21. The Morgan fingerprint density at radius 1 is 1.08 bits per heavy atom. The molecule has 0 spiro atoms. The van der Waals surface area contributed by atoms with E-state index in [1.807, 2.05) is 18.2 Å². The predicted molar refractivity (Wildman–Crippen MR) is 97.7 cm³/mol. The molecule has 0 aliphatic rings. The fraction of sp³-hybridized carbons (Fsp3) is 0.200. The largest absolute Gasteiger partial charge is 0.324 e. The van der Waals surface area contributed by atoms with Crippen molar-refractivity contribution in [3.05, 3.63) is 71.9 Å². The van der Waals surface area contributed by atoms with Crippen molar-refractivity contribution in [2.45, 2.75) is 25.9 Å². The summed E-state index contributed by atoms with van der Waals surface area (Å²) < 4.78 is 26.9. The first-order valence-electron chi connectivity index (χ1n) is 8.31. The van der Waals surface area contributed by atoms with Gasteiger partial charge in [0.05, 0.1) is 17.2 Å². The van der Waals surface area contributed by atoms with Crippen LogP contribution < -0.4 is 10.6 Å². The number of anilines is 1. The predicted octanol–water partition coefficient (Wildman–Crippen LogP) is 4.19. The number of nitrogens with zero attached hydrogens (tertiary/aromatic N) is 1. The van der Waals surface area contributed by atoms with Crippen LogP contribution in [0.5, 0.6) is 0 Å². The molecule has 3 rings (SSSR count). The van der Waals surface area contributed by atoms with Crippen molar-refractivity contribution in [1.29, 1.82) is 0 Å². The summed E-state index contributed by atoms with van der Waals surface area (Å²) in [5.41, 5.74) is 1.75. The van der Waals surface area contributed by atoms with Crippen LogP contribution in [0.25, 0.3) is 10.9 Å². The molecule has 2 aromatic carbocycles. The van der Waals surface area contributed by atoms with Crippen molar-refractivity contribution < 1.29 is 13.6 Å². The van der Waals surface area contributed by atoms with Crippen molar-refractivity contribution >= 4 is 22.5 Å². The highest BCUT2D eigenvalue weighted by Gasteiger charge is 2.19. The van der Waals surface area contributed by atoms with Crippen LogP contribution in [0.2, 0.25) is 0 Å². The normalized spacial score (nSPS) is 13.4. The van der Waals surface area contributed by atoms with Gasteiger partial charge in [0.2, 0.25) is 5.91 Å². The fourth-order valence-corrected chi connectivity index (χ4v) is 2.85. The van der Waals surface area contributed by atoms with Gasteiger partial charge in [-0.05, 0) is 44.2 Å². The van der Waals surface area contributed by atoms with Crippen LogP contribution in [0, 0.1) is 11.6 Å². The quantitative estimate of drug-likeness (QED) is 0.721. The lowest BCUT2D eigenvalue weighted by Crippen LogP contribution is -2.39. The number of benzene rings is 2. The highest BCUT2D eigenvalue weighted by atomic mass is 19.1. The maximum atomic E-state index is 13.9. The summed E-state index contributed by atoms with van der Waals surface area (Å²) in [6.07, 6.45) is 1.69. The Hall–Kier alpha value is -2.86. The zero-order valence-electron chi connectivity index (χ0n) is 14.5. The average molecular weight is 355 g/mol. The average Bonchev–Trinajstić information content (AvgIpc) is 2.61. The van der Waals surface area contributed by atoms with Gasteiger partial charge in [0, 0.05) is 29.3 Å². The molecule has 6 heteroatoms. The number of hydrogen-bond acceptors (Lipinski definition) is 3. The Bertz CT molecular complexity index is 940. The van der Waals surface area contributed by atoms with Crippen LogP contribution in [0.4, 0.5) is 14.5 Å². The van der Waals surface area contributed by atoms with E-state index >= 15 is 0 Å². The van der Waals surface area contributed by atoms with E-state index in [9.17, 15) is 13.6 Å². The van der Waals surface area contributed by atoms with Crippen LogP contribution in [-0.2, 0) is 4.79 Å². The number of hydrogen-bond donors (Lipinski definition) is 2. The fourth-order valence-electron chi connectivity index (χ4n) is 2.85. The molecule has 0 aliphatic heterocycles. The van der Waals surface area contributed by atoms with Crippen molar-refractivity contribution in [1.82, 2.24) is 10.3 Å². The molecule has 0 radical (unpaired) electrons. The second kappa shape index (κ2) is 7.58. The number of fused-ring (bicyclic) bond motifs is 1. The Morgan fingerprint density at radius 2 is 1.88 bits per heavy atom. The number of carbonyl (C=O) groups is 1. The summed E-state index contributed by atoms with van der Waals surface area (Å²) in [6.45, 7) is 3.42. The van der Waals surface area contributed by atoms with Crippen LogP contribution in [-0.4, -0.2) is 16.9 Å². The molecule has 1 aromatic heterocycles. The van der Waals surface area contributed by atoms with Gasteiger partial charge in [-0.1, -0.05) is 12.1 Å². The standard InChI is InChI=1S/C20H19F2N3O/c1-12(15-9-8-14(21)11-17(15)22)24-13(2)20(26)25-19-7-3-6-18-16(19)5-4-10-23-18/h3-13,24H,1-2H3,(H,25,26). The van der Waals surface area contributed by atoms with E-state index in [0.29, 0.717) is 11.3 Å². The highest BCUT2D eigenvalue weighted by Crippen LogP contribution is 2.22.